The van der Waals surface area contributed by atoms with Crippen LogP contribution in [0, 0.1) is 0 Å². The first-order chi connectivity index (χ1) is 9.39. The molecule has 0 spiro atoms. The quantitative estimate of drug-likeness (QED) is 0.575. The van der Waals surface area contributed by atoms with Crippen LogP contribution in [0.3, 0.4) is 0 Å². The van der Waals surface area contributed by atoms with E-state index in [2.05, 4.69) is 10.6 Å². The molecule has 1 aromatic rings. The van der Waals surface area contributed by atoms with E-state index in [1.165, 1.54) is 0 Å². The number of nitrogen functional groups attached to an aromatic ring is 1. The number of carbonyl (C=O) groups is 1. The van der Waals surface area contributed by atoms with Crippen molar-refractivity contribution in [2.24, 2.45) is 0 Å². The van der Waals surface area contributed by atoms with Crippen molar-refractivity contribution in [2.75, 3.05) is 24.1 Å². The molecule has 112 valence electrons. The first kappa shape index (κ1) is 16.3. The summed E-state index contributed by atoms with van der Waals surface area (Å²) >= 11 is 0. The summed E-state index contributed by atoms with van der Waals surface area (Å²) in [7, 11) is 0. The molecule has 0 bridgehead atoms. The van der Waals surface area contributed by atoms with Crippen molar-refractivity contribution in [3.63, 3.8) is 0 Å². The third kappa shape index (κ3) is 4.74. The van der Waals surface area contributed by atoms with Crippen LogP contribution in [0.5, 0.6) is 0 Å². The smallest absolute Gasteiger partial charge is 0.253 e. The largest absolute Gasteiger partial charge is 0.399 e. The summed E-state index contributed by atoms with van der Waals surface area (Å²) in [5, 5.41) is 16.1. The Morgan fingerprint density at radius 3 is 2.70 bits per heavy atom. The first-order valence-corrected chi connectivity index (χ1v) is 7.03. The maximum Gasteiger partial charge on any atom is 0.253 e. The minimum atomic E-state index is -0.808. The third-order valence-corrected chi connectivity index (χ3v) is 3.07. The van der Waals surface area contributed by atoms with Crippen molar-refractivity contribution in [2.45, 2.75) is 39.2 Å². The van der Waals surface area contributed by atoms with Gasteiger partial charge in [0.25, 0.3) is 5.91 Å². The first-order valence-electron chi connectivity index (χ1n) is 7.03. The Balaban J connectivity index is 2.87. The van der Waals surface area contributed by atoms with E-state index >= 15 is 0 Å². The second kappa shape index (κ2) is 7.14. The van der Waals surface area contributed by atoms with E-state index in [0.29, 0.717) is 36.4 Å². The van der Waals surface area contributed by atoms with Gasteiger partial charge in [-0.3, -0.25) is 4.79 Å². The number of nitrogens with one attached hydrogen (secondary N) is 2. The van der Waals surface area contributed by atoms with E-state index in [1.807, 2.05) is 13.8 Å². The van der Waals surface area contributed by atoms with E-state index in [0.717, 1.165) is 6.42 Å². The fourth-order valence-electron chi connectivity index (χ4n) is 2.07. The number of hydrogen-bond acceptors (Lipinski definition) is 4. The van der Waals surface area contributed by atoms with Crippen LogP contribution in [0.15, 0.2) is 18.2 Å². The van der Waals surface area contributed by atoms with Gasteiger partial charge in [-0.15, -0.1) is 0 Å². The van der Waals surface area contributed by atoms with Crippen LogP contribution >= 0.6 is 0 Å². The minimum absolute atomic E-state index is 0.148. The zero-order chi connectivity index (χ0) is 15.2. The summed E-state index contributed by atoms with van der Waals surface area (Å²) in [4.78, 5) is 12.0. The molecule has 5 nitrogen and oxygen atoms in total. The Morgan fingerprint density at radius 2 is 2.10 bits per heavy atom. The number of hydrogen-bond donors (Lipinski definition) is 4. The molecule has 0 saturated carbocycles. The molecule has 1 aromatic carbocycles. The number of benzene rings is 1. The van der Waals surface area contributed by atoms with Gasteiger partial charge in [0.15, 0.2) is 0 Å². The molecule has 0 heterocycles. The molecule has 0 aliphatic rings. The van der Waals surface area contributed by atoms with Crippen LogP contribution in [-0.2, 0) is 0 Å². The molecule has 20 heavy (non-hydrogen) atoms. The lowest BCUT2D eigenvalue weighted by molar-refractivity contribution is 0.0636. The summed E-state index contributed by atoms with van der Waals surface area (Å²) in [6.45, 7) is 6.61. The molecule has 0 fully saturated rings. The molecule has 1 unspecified atom stereocenters. The van der Waals surface area contributed by atoms with Crippen LogP contribution in [0.1, 0.15) is 44.0 Å². The highest BCUT2D eigenvalue weighted by atomic mass is 16.3. The second-order valence-corrected chi connectivity index (χ2v) is 5.26. The molecular formula is C15H25N3O2. The zero-order valence-corrected chi connectivity index (χ0v) is 12.5. The van der Waals surface area contributed by atoms with Gasteiger partial charge in [-0.2, -0.15) is 0 Å². The molecular weight excluding hydrogens is 254 g/mol. The summed E-state index contributed by atoms with van der Waals surface area (Å²) < 4.78 is 0. The van der Waals surface area contributed by atoms with Gasteiger partial charge < -0.3 is 21.5 Å². The van der Waals surface area contributed by atoms with Crippen molar-refractivity contribution in [3.8, 4) is 0 Å². The van der Waals surface area contributed by atoms with Gasteiger partial charge in [-0.1, -0.05) is 13.3 Å². The normalized spacial score (nSPS) is 13.6. The Bertz CT molecular complexity index is 458. The van der Waals surface area contributed by atoms with Crippen molar-refractivity contribution in [1.29, 1.82) is 0 Å². The van der Waals surface area contributed by atoms with Gasteiger partial charge >= 0.3 is 0 Å². The Kier molecular flexibility index (Phi) is 5.82. The van der Waals surface area contributed by atoms with Gasteiger partial charge in [0.1, 0.15) is 0 Å². The van der Waals surface area contributed by atoms with Crippen molar-refractivity contribution in [3.05, 3.63) is 23.8 Å². The Labute approximate surface area is 120 Å². The summed E-state index contributed by atoms with van der Waals surface area (Å²) in [5.41, 5.74) is 6.72. The summed E-state index contributed by atoms with van der Waals surface area (Å²) in [6, 6.07) is 5.10. The highest BCUT2D eigenvalue weighted by molar-refractivity contribution is 6.00. The fraction of sp³-hybridized carbons (Fsp3) is 0.533. The van der Waals surface area contributed by atoms with E-state index in [1.54, 1.807) is 25.1 Å². The third-order valence-electron chi connectivity index (χ3n) is 3.07. The Morgan fingerprint density at radius 1 is 1.40 bits per heavy atom. The number of nitrogens with two attached hydrogens (primary N) is 1. The molecule has 0 aromatic heterocycles. The van der Waals surface area contributed by atoms with Crippen molar-refractivity contribution >= 4 is 17.3 Å². The maximum atomic E-state index is 12.0. The van der Waals surface area contributed by atoms with E-state index in [9.17, 15) is 9.90 Å². The highest BCUT2D eigenvalue weighted by Gasteiger charge is 2.20. The number of rotatable bonds is 7. The molecule has 5 heteroatoms. The standard InChI is InChI=1S/C15H25N3O2/c1-4-8-15(3,20)10-18-13-9-11(16)6-7-12(13)14(19)17-5-2/h6-7,9,18,20H,4-5,8,10,16H2,1-3H3,(H,17,19). The van der Waals surface area contributed by atoms with Gasteiger partial charge in [-0.05, 0) is 38.5 Å². The van der Waals surface area contributed by atoms with Crippen molar-refractivity contribution in [1.82, 2.24) is 5.32 Å². The van der Waals surface area contributed by atoms with Gasteiger partial charge in [0.2, 0.25) is 0 Å². The lowest BCUT2D eigenvalue weighted by atomic mass is 10.0. The monoisotopic (exact) mass is 279 g/mol. The van der Waals surface area contributed by atoms with Crippen LogP contribution in [-0.4, -0.2) is 29.7 Å². The van der Waals surface area contributed by atoms with Crippen LogP contribution in [0.25, 0.3) is 0 Å². The summed E-state index contributed by atoms with van der Waals surface area (Å²) in [5.74, 6) is -0.148. The second-order valence-electron chi connectivity index (χ2n) is 5.26. The van der Waals surface area contributed by atoms with Crippen LogP contribution in [0.2, 0.25) is 0 Å². The topological polar surface area (TPSA) is 87.4 Å². The van der Waals surface area contributed by atoms with E-state index in [-0.39, 0.29) is 5.91 Å². The molecule has 1 atom stereocenters. The van der Waals surface area contributed by atoms with Crippen molar-refractivity contribution < 1.29 is 9.90 Å². The number of aliphatic hydroxyl groups is 1. The summed E-state index contributed by atoms with van der Waals surface area (Å²) in [6.07, 6.45) is 1.59. The number of amides is 1. The molecule has 0 aliphatic carbocycles. The van der Waals surface area contributed by atoms with Gasteiger partial charge in [-0.25, -0.2) is 0 Å². The fourth-order valence-corrected chi connectivity index (χ4v) is 2.07. The molecule has 1 amide bonds. The molecule has 0 saturated heterocycles. The zero-order valence-electron chi connectivity index (χ0n) is 12.5. The predicted octanol–water partition coefficient (Wildman–Crippen LogP) is 1.98. The number of carbonyl (C=O) groups excluding carboxylic acids is 1. The predicted molar refractivity (Wildman–Crippen MR) is 82.9 cm³/mol. The van der Waals surface area contributed by atoms with E-state index in [4.69, 9.17) is 5.73 Å². The number of anilines is 2. The molecule has 0 aliphatic heterocycles. The van der Waals surface area contributed by atoms with Gasteiger partial charge in [0.05, 0.1) is 11.2 Å². The SMILES string of the molecule is CCCC(C)(O)CNc1cc(N)ccc1C(=O)NCC. The Hall–Kier alpha value is -1.75. The highest BCUT2D eigenvalue weighted by Crippen LogP contribution is 2.21. The van der Waals surface area contributed by atoms with Crippen LogP contribution < -0.4 is 16.4 Å². The molecule has 1 rings (SSSR count). The minimum Gasteiger partial charge on any atom is -0.399 e. The average Bonchev–Trinajstić information content (AvgIpc) is 2.36. The molecule has 0 radical (unpaired) electrons. The van der Waals surface area contributed by atoms with Gasteiger partial charge in [0, 0.05) is 24.5 Å². The lowest BCUT2D eigenvalue weighted by Crippen LogP contribution is -2.34. The maximum absolute atomic E-state index is 12.0. The van der Waals surface area contributed by atoms with E-state index < -0.39 is 5.60 Å². The lowest BCUT2D eigenvalue weighted by Gasteiger charge is -2.24. The molecule has 5 N–H and O–H groups in total. The van der Waals surface area contributed by atoms with Crippen LogP contribution in [0.4, 0.5) is 11.4 Å². The average molecular weight is 279 g/mol.